The van der Waals surface area contributed by atoms with Crippen molar-refractivity contribution in [3.05, 3.63) is 16.9 Å². The van der Waals surface area contributed by atoms with Crippen LogP contribution in [0.15, 0.2) is 6.20 Å². The first-order valence-electron chi connectivity index (χ1n) is 6.00. The van der Waals surface area contributed by atoms with Crippen molar-refractivity contribution < 1.29 is 5.11 Å². The summed E-state index contributed by atoms with van der Waals surface area (Å²) in [6.45, 7) is 6.21. The maximum absolute atomic E-state index is 10.6. The first kappa shape index (κ1) is 13.2. The van der Waals surface area contributed by atoms with E-state index in [2.05, 4.69) is 12.0 Å². The molecule has 2 unspecified atom stereocenters. The minimum Gasteiger partial charge on any atom is -0.385 e. The molecule has 0 aromatic carbocycles. The molecule has 0 amide bonds. The second kappa shape index (κ2) is 4.82. The number of rotatable bonds is 3. The van der Waals surface area contributed by atoms with Gasteiger partial charge in [-0.2, -0.15) is 16.9 Å². The van der Waals surface area contributed by atoms with Crippen molar-refractivity contribution in [2.45, 2.75) is 50.5 Å². The van der Waals surface area contributed by atoms with Gasteiger partial charge in [0.25, 0.3) is 0 Å². The summed E-state index contributed by atoms with van der Waals surface area (Å²) in [6.07, 6.45) is 3.26. The van der Waals surface area contributed by atoms with E-state index in [0.717, 1.165) is 24.3 Å². The number of aliphatic hydroxyl groups excluding tert-OH is 1. The standard InChI is InChI=1S/C12H19ClN2OS/c1-8(2)15-10(9(13)7-14-15)11(16)12(3)5-4-6-17-12/h7-8,11,16H,4-6H2,1-3H3. The molecule has 3 nitrogen and oxygen atoms in total. The molecule has 17 heavy (non-hydrogen) atoms. The molecule has 5 heteroatoms. The topological polar surface area (TPSA) is 38.0 Å². The molecule has 0 saturated carbocycles. The third kappa shape index (κ3) is 2.35. The average molecular weight is 275 g/mol. The Balaban J connectivity index is 2.36. The first-order chi connectivity index (χ1) is 7.96. The average Bonchev–Trinajstić information content (AvgIpc) is 2.85. The van der Waals surface area contributed by atoms with E-state index in [1.165, 1.54) is 0 Å². The summed E-state index contributed by atoms with van der Waals surface area (Å²) in [6, 6.07) is 0.210. The van der Waals surface area contributed by atoms with Gasteiger partial charge in [-0.25, -0.2) is 0 Å². The van der Waals surface area contributed by atoms with Gasteiger partial charge in [-0.05, 0) is 39.4 Å². The predicted octanol–water partition coefficient (Wildman–Crippen LogP) is 3.44. The van der Waals surface area contributed by atoms with E-state index in [1.807, 2.05) is 30.3 Å². The minimum absolute atomic E-state index is 0.129. The zero-order valence-electron chi connectivity index (χ0n) is 10.5. The van der Waals surface area contributed by atoms with Gasteiger partial charge in [0.15, 0.2) is 0 Å². The van der Waals surface area contributed by atoms with Crippen molar-refractivity contribution in [2.24, 2.45) is 0 Å². The largest absolute Gasteiger partial charge is 0.385 e. The van der Waals surface area contributed by atoms with Crippen molar-refractivity contribution in [3.8, 4) is 0 Å². The van der Waals surface area contributed by atoms with E-state index in [4.69, 9.17) is 11.6 Å². The molecule has 1 fully saturated rings. The van der Waals surface area contributed by atoms with Crippen molar-refractivity contribution in [3.63, 3.8) is 0 Å². The summed E-state index contributed by atoms with van der Waals surface area (Å²) in [5, 5.41) is 15.4. The van der Waals surface area contributed by atoms with Crippen molar-refractivity contribution >= 4 is 23.4 Å². The third-order valence-corrected chi connectivity index (χ3v) is 5.23. The third-order valence-electron chi connectivity index (χ3n) is 3.36. The van der Waals surface area contributed by atoms with Gasteiger partial charge in [-0.15, -0.1) is 0 Å². The molecule has 1 N–H and O–H groups in total. The quantitative estimate of drug-likeness (QED) is 0.918. The van der Waals surface area contributed by atoms with Crippen LogP contribution in [0, 0.1) is 0 Å². The maximum atomic E-state index is 10.6. The zero-order valence-corrected chi connectivity index (χ0v) is 12.1. The molecule has 96 valence electrons. The van der Waals surface area contributed by atoms with Crippen LogP contribution in [0.3, 0.4) is 0 Å². The van der Waals surface area contributed by atoms with E-state index in [0.29, 0.717) is 5.02 Å². The normalized spacial score (nSPS) is 26.7. The second-order valence-electron chi connectivity index (χ2n) is 5.08. The Labute approximate surface area is 112 Å². The van der Waals surface area contributed by atoms with Crippen LogP contribution >= 0.6 is 23.4 Å². The minimum atomic E-state index is -0.549. The fraction of sp³-hybridized carbons (Fsp3) is 0.750. The van der Waals surface area contributed by atoms with Gasteiger partial charge >= 0.3 is 0 Å². The van der Waals surface area contributed by atoms with Crippen LogP contribution in [0.4, 0.5) is 0 Å². The highest BCUT2D eigenvalue weighted by Crippen LogP contribution is 2.47. The molecule has 1 aromatic heterocycles. The summed E-state index contributed by atoms with van der Waals surface area (Å²) in [5.41, 5.74) is 0.763. The monoisotopic (exact) mass is 274 g/mol. The van der Waals surface area contributed by atoms with E-state index >= 15 is 0 Å². The highest BCUT2D eigenvalue weighted by Gasteiger charge is 2.40. The van der Waals surface area contributed by atoms with Crippen LogP contribution in [0.2, 0.25) is 5.02 Å². The molecule has 2 heterocycles. The highest BCUT2D eigenvalue weighted by atomic mass is 35.5. The van der Waals surface area contributed by atoms with E-state index < -0.39 is 6.10 Å². The Morgan fingerprint density at radius 3 is 2.82 bits per heavy atom. The maximum Gasteiger partial charge on any atom is 0.111 e. The van der Waals surface area contributed by atoms with Crippen LogP contribution in [-0.2, 0) is 0 Å². The molecule has 1 saturated heterocycles. The van der Waals surface area contributed by atoms with Gasteiger partial charge in [0, 0.05) is 10.8 Å². The van der Waals surface area contributed by atoms with Crippen LogP contribution in [0.5, 0.6) is 0 Å². The SMILES string of the molecule is CC(C)n1ncc(Cl)c1C(O)C1(C)CCCS1. The Hall–Kier alpha value is -0.190. The van der Waals surface area contributed by atoms with E-state index in [1.54, 1.807) is 6.20 Å². The molecule has 0 aliphatic carbocycles. The summed E-state index contributed by atoms with van der Waals surface area (Å²) in [7, 11) is 0. The van der Waals surface area contributed by atoms with Gasteiger partial charge in [0.2, 0.25) is 0 Å². The van der Waals surface area contributed by atoms with Crippen LogP contribution < -0.4 is 0 Å². The van der Waals surface area contributed by atoms with Gasteiger partial charge in [0.1, 0.15) is 6.10 Å². The van der Waals surface area contributed by atoms with Gasteiger partial charge < -0.3 is 5.11 Å². The number of hydrogen-bond acceptors (Lipinski definition) is 3. The number of aliphatic hydroxyl groups is 1. The Bertz CT molecular complexity index is 399. The summed E-state index contributed by atoms with van der Waals surface area (Å²) >= 11 is 8.00. The van der Waals surface area contributed by atoms with Crippen LogP contribution in [0.1, 0.15) is 51.5 Å². The molecule has 2 rings (SSSR count). The fourth-order valence-corrected chi connectivity index (χ4v) is 3.87. The van der Waals surface area contributed by atoms with E-state index in [9.17, 15) is 5.11 Å². The lowest BCUT2D eigenvalue weighted by molar-refractivity contribution is 0.123. The Morgan fingerprint density at radius 1 is 1.59 bits per heavy atom. The van der Waals surface area contributed by atoms with Gasteiger partial charge in [-0.1, -0.05) is 11.6 Å². The lowest BCUT2D eigenvalue weighted by atomic mass is 9.96. The number of aromatic nitrogens is 2. The zero-order chi connectivity index (χ0) is 12.6. The summed E-state index contributed by atoms with van der Waals surface area (Å²) in [4.78, 5) is 0. The molecular weight excluding hydrogens is 256 g/mol. The second-order valence-corrected chi connectivity index (χ2v) is 7.12. The number of thioether (sulfide) groups is 1. The van der Waals surface area contributed by atoms with Crippen LogP contribution in [-0.4, -0.2) is 25.4 Å². The lowest BCUT2D eigenvalue weighted by Crippen LogP contribution is -2.29. The number of hydrogen-bond donors (Lipinski definition) is 1. The predicted molar refractivity (Wildman–Crippen MR) is 72.7 cm³/mol. The first-order valence-corrected chi connectivity index (χ1v) is 7.37. The van der Waals surface area contributed by atoms with Gasteiger partial charge in [0.05, 0.1) is 16.9 Å². The Morgan fingerprint density at radius 2 is 2.29 bits per heavy atom. The summed E-state index contributed by atoms with van der Waals surface area (Å²) in [5.74, 6) is 1.11. The molecule has 1 aliphatic rings. The van der Waals surface area contributed by atoms with Crippen molar-refractivity contribution in [2.75, 3.05) is 5.75 Å². The molecule has 0 bridgehead atoms. The smallest absolute Gasteiger partial charge is 0.111 e. The molecule has 0 spiro atoms. The molecular formula is C12H19ClN2OS. The van der Waals surface area contributed by atoms with Crippen LogP contribution in [0.25, 0.3) is 0 Å². The van der Waals surface area contributed by atoms with E-state index in [-0.39, 0.29) is 10.8 Å². The summed E-state index contributed by atoms with van der Waals surface area (Å²) < 4.78 is 1.70. The van der Waals surface area contributed by atoms with Crippen molar-refractivity contribution in [1.82, 2.24) is 9.78 Å². The van der Waals surface area contributed by atoms with Crippen molar-refractivity contribution in [1.29, 1.82) is 0 Å². The molecule has 1 aromatic rings. The molecule has 2 atom stereocenters. The van der Waals surface area contributed by atoms with Gasteiger partial charge in [-0.3, -0.25) is 4.68 Å². The highest BCUT2D eigenvalue weighted by molar-refractivity contribution is 8.00. The number of nitrogens with zero attached hydrogens (tertiary/aromatic N) is 2. The fourth-order valence-electron chi connectivity index (χ4n) is 2.32. The molecule has 0 radical (unpaired) electrons. The lowest BCUT2D eigenvalue weighted by Gasteiger charge is -2.30. The number of halogens is 1. The Kier molecular flexibility index (Phi) is 3.76. The molecule has 1 aliphatic heterocycles.